The highest BCUT2D eigenvalue weighted by molar-refractivity contribution is 7.09. The number of carboxylic acid groups (broad SMARTS) is 1. The van der Waals surface area contributed by atoms with E-state index in [-0.39, 0.29) is 54.8 Å². The summed E-state index contributed by atoms with van der Waals surface area (Å²) in [6, 6.07) is 13.5. The van der Waals surface area contributed by atoms with Gasteiger partial charge >= 0.3 is 11.9 Å². The number of aryl methyl sites for hydroxylation is 1. The van der Waals surface area contributed by atoms with E-state index in [2.05, 4.69) is 20.5 Å². The molecule has 1 fully saturated rings. The van der Waals surface area contributed by atoms with Crippen LogP contribution >= 0.6 is 11.3 Å². The van der Waals surface area contributed by atoms with Gasteiger partial charge < -0.3 is 25.4 Å². The van der Waals surface area contributed by atoms with E-state index in [1.165, 1.54) is 18.3 Å². The van der Waals surface area contributed by atoms with Crippen LogP contribution in [0.5, 0.6) is 0 Å². The molecule has 2 heterocycles. The average Bonchev–Trinajstić information content (AvgIpc) is 3.68. The van der Waals surface area contributed by atoms with Crippen molar-refractivity contribution in [3.63, 3.8) is 0 Å². The Labute approximate surface area is 340 Å². The van der Waals surface area contributed by atoms with Crippen LogP contribution in [0, 0.1) is 18.8 Å². The van der Waals surface area contributed by atoms with Crippen LogP contribution in [0.3, 0.4) is 0 Å². The van der Waals surface area contributed by atoms with Crippen LogP contribution in [0.25, 0.3) is 0 Å². The van der Waals surface area contributed by atoms with E-state index in [0.717, 1.165) is 48.1 Å². The maximum Gasteiger partial charge on any atom is 0.311 e. The summed E-state index contributed by atoms with van der Waals surface area (Å²) in [5.41, 5.74) is 3.71. The molecule has 308 valence electrons. The highest BCUT2D eigenvalue weighted by Crippen LogP contribution is 2.35. The lowest BCUT2D eigenvalue weighted by atomic mass is 9.79. The summed E-state index contributed by atoms with van der Waals surface area (Å²) in [7, 11) is 1.95. The largest absolute Gasteiger partial charge is 0.481 e. The molecule has 2 aromatic carbocycles. The number of rotatable bonds is 16. The van der Waals surface area contributed by atoms with Crippen molar-refractivity contribution < 1.29 is 33.8 Å². The lowest BCUT2D eigenvalue weighted by molar-refractivity contribution is -0.150. The van der Waals surface area contributed by atoms with Crippen molar-refractivity contribution in [3.8, 4) is 0 Å². The molecule has 12 nitrogen and oxygen atoms in total. The molecule has 1 aromatic heterocycles. The maximum absolute atomic E-state index is 15.0. The highest BCUT2D eigenvalue weighted by Gasteiger charge is 2.39. The summed E-state index contributed by atoms with van der Waals surface area (Å²) in [5.74, 6) is -3.25. The number of amides is 3. The first-order valence-electron chi connectivity index (χ1n) is 20.3. The van der Waals surface area contributed by atoms with E-state index in [1.807, 2.05) is 95.1 Å². The summed E-state index contributed by atoms with van der Waals surface area (Å²) in [5, 5.41) is 18.2. The van der Waals surface area contributed by atoms with Crippen LogP contribution in [0.15, 0.2) is 53.9 Å². The Balaban J connectivity index is 1.41. The van der Waals surface area contributed by atoms with Crippen molar-refractivity contribution >= 4 is 41.0 Å². The molecule has 3 N–H and O–H groups in total. The van der Waals surface area contributed by atoms with Gasteiger partial charge in [0.25, 0.3) is 5.91 Å². The van der Waals surface area contributed by atoms with Gasteiger partial charge in [-0.05, 0) is 74.7 Å². The second-order valence-corrected chi connectivity index (χ2v) is 17.1. The highest BCUT2D eigenvalue weighted by atomic mass is 32.1. The van der Waals surface area contributed by atoms with Crippen molar-refractivity contribution in [2.75, 3.05) is 13.6 Å². The molecule has 0 saturated carbocycles. The van der Waals surface area contributed by atoms with Gasteiger partial charge in [0, 0.05) is 37.4 Å². The van der Waals surface area contributed by atoms with Crippen molar-refractivity contribution in [1.29, 1.82) is 0 Å². The summed E-state index contributed by atoms with van der Waals surface area (Å²) in [6.45, 7) is 12.4. The van der Waals surface area contributed by atoms with Gasteiger partial charge in [-0.3, -0.25) is 28.9 Å². The second-order valence-electron chi connectivity index (χ2n) is 16.2. The molecule has 1 aliphatic carbocycles. The van der Waals surface area contributed by atoms with E-state index in [0.29, 0.717) is 17.8 Å². The quantitative estimate of drug-likeness (QED) is 0.139. The number of carbonyl (C=O) groups excluding carboxylic acids is 4. The molecule has 1 aliphatic heterocycles. The molecule has 7 atom stereocenters. The van der Waals surface area contributed by atoms with E-state index in [1.54, 1.807) is 5.38 Å². The number of esters is 1. The normalized spacial score (nSPS) is 20.4. The van der Waals surface area contributed by atoms with Crippen LogP contribution in [-0.2, 0) is 36.9 Å². The molecule has 0 spiro atoms. The molecular formula is C44H59N5O7S. The Morgan fingerprint density at radius 1 is 1.07 bits per heavy atom. The number of hydrogen-bond donors (Lipinski definition) is 3. The number of carbonyl (C=O) groups is 5. The smallest absolute Gasteiger partial charge is 0.311 e. The summed E-state index contributed by atoms with van der Waals surface area (Å²) >= 11 is 1.19. The number of ether oxygens (including phenoxy) is 1. The number of likely N-dealkylation sites (tertiary alicyclic amines) is 1. The minimum absolute atomic E-state index is 0.101. The van der Waals surface area contributed by atoms with Gasteiger partial charge in [-0.15, -0.1) is 11.3 Å². The Bertz CT molecular complexity index is 1880. The number of hydrogen-bond acceptors (Lipinski definition) is 9. The summed E-state index contributed by atoms with van der Waals surface area (Å²) in [6.07, 6.45) is 3.48. The number of nitrogens with zero attached hydrogens (tertiary/aromatic N) is 3. The number of aliphatic carboxylic acids is 1. The molecule has 0 radical (unpaired) electrons. The van der Waals surface area contributed by atoms with Gasteiger partial charge in [0.1, 0.15) is 16.7 Å². The van der Waals surface area contributed by atoms with Gasteiger partial charge in [-0.1, -0.05) is 94.6 Å². The first-order valence-corrected chi connectivity index (χ1v) is 21.1. The summed E-state index contributed by atoms with van der Waals surface area (Å²) in [4.78, 5) is 75.7. The minimum atomic E-state index is -0.935. The number of carboxylic acids is 1. The number of fused-ring (bicyclic) bond motifs is 1. The third-order valence-electron chi connectivity index (χ3n) is 11.6. The average molecular weight is 802 g/mol. The molecule has 3 aromatic rings. The zero-order valence-electron chi connectivity index (χ0n) is 34.3. The lowest BCUT2D eigenvalue weighted by Crippen LogP contribution is -2.58. The third kappa shape index (κ3) is 11.1. The predicted molar refractivity (Wildman–Crippen MR) is 220 cm³/mol. The molecule has 13 heteroatoms. The van der Waals surface area contributed by atoms with Crippen molar-refractivity contribution in [2.24, 2.45) is 11.8 Å². The summed E-state index contributed by atoms with van der Waals surface area (Å²) < 4.78 is 5.91. The van der Waals surface area contributed by atoms with Crippen molar-refractivity contribution in [2.45, 2.75) is 129 Å². The number of likely N-dealkylation sites (N-methyl/N-ethyl adjacent to an activating group) is 1. The topological polar surface area (TPSA) is 158 Å². The predicted octanol–water partition coefficient (Wildman–Crippen LogP) is 6.43. The van der Waals surface area contributed by atoms with Crippen LogP contribution in [0.4, 0.5) is 0 Å². The molecule has 3 amide bonds. The van der Waals surface area contributed by atoms with E-state index >= 15 is 0 Å². The Hall–Kier alpha value is -4.62. The molecule has 2 aliphatic rings. The maximum atomic E-state index is 15.0. The Kier molecular flexibility index (Phi) is 15.0. The lowest BCUT2D eigenvalue weighted by Gasteiger charge is -2.40. The van der Waals surface area contributed by atoms with E-state index in [9.17, 15) is 29.1 Å². The molecule has 0 bridgehead atoms. The van der Waals surface area contributed by atoms with Gasteiger partial charge in [-0.25, -0.2) is 4.98 Å². The first-order chi connectivity index (χ1) is 27.2. The van der Waals surface area contributed by atoms with Crippen molar-refractivity contribution in [1.82, 2.24) is 25.4 Å². The SMILES string of the molecule is CCC(C)C(NC(=O)C1CCCCN1C)C(=O)N(Cc1ccccc1)[C@H](C[C@@H](OC(C)=O)c1nc(C(=O)N[C@H]2Cc3ccc(C)cc3[C@H](C(=O)O)C2)cs1)C(C)C. The first kappa shape index (κ1) is 43.5. The molecule has 3 unspecified atom stereocenters. The fourth-order valence-corrected chi connectivity index (χ4v) is 9.00. The Morgan fingerprint density at radius 2 is 1.81 bits per heavy atom. The number of nitrogens with one attached hydrogen (secondary N) is 2. The number of aromatic nitrogens is 1. The standard InChI is InChI=1S/C44H59N5O7S/c1-8-28(5)39(47-41(52)36-16-12-13-19-48(36)7)43(53)49(24-30-14-10-9-11-15-30)37(26(2)3)23-38(56-29(6)50)42-46-35(25-57-42)40(51)45-32-21-31-18-17-27(4)20-33(31)34(22-32)44(54)55/h9-11,14-15,17-18,20,25-26,28,32,34,36-39H,8,12-13,16,19,21-24H2,1-7H3,(H,45,51)(H,47,52)(H,54,55)/t28?,32-,34+,36?,37+,38+,39?/m0/s1. The van der Waals surface area contributed by atoms with Gasteiger partial charge in [0.2, 0.25) is 11.8 Å². The number of benzene rings is 2. The van der Waals surface area contributed by atoms with Crippen LogP contribution in [-0.4, -0.2) is 87.3 Å². The van der Waals surface area contributed by atoms with Crippen molar-refractivity contribution in [3.05, 3.63) is 86.9 Å². The third-order valence-corrected chi connectivity index (χ3v) is 12.5. The van der Waals surface area contributed by atoms with Crippen LogP contribution in [0.1, 0.15) is 123 Å². The zero-order valence-corrected chi connectivity index (χ0v) is 35.1. The minimum Gasteiger partial charge on any atom is -0.481 e. The zero-order chi connectivity index (χ0) is 41.4. The molecular weight excluding hydrogens is 743 g/mol. The number of thiazole rings is 1. The Morgan fingerprint density at radius 3 is 2.46 bits per heavy atom. The van der Waals surface area contributed by atoms with Crippen LogP contribution < -0.4 is 10.6 Å². The van der Waals surface area contributed by atoms with Gasteiger partial charge in [0.15, 0.2) is 6.10 Å². The van der Waals surface area contributed by atoms with E-state index in [4.69, 9.17) is 4.74 Å². The molecule has 5 rings (SSSR count). The second kappa shape index (κ2) is 19.7. The van der Waals surface area contributed by atoms with Crippen LogP contribution in [0.2, 0.25) is 0 Å². The van der Waals surface area contributed by atoms with Gasteiger partial charge in [-0.2, -0.15) is 0 Å². The fourth-order valence-electron chi connectivity index (χ4n) is 8.16. The molecule has 57 heavy (non-hydrogen) atoms. The number of piperidine rings is 1. The fraction of sp³-hybridized carbons (Fsp3) is 0.545. The molecule has 1 saturated heterocycles. The van der Waals surface area contributed by atoms with E-state index < -0.39 is 48.0 Å². The monoisotopic (exact) mass is 801 g/mol. The van der Waals surface area contributed by atoms with Gasteiger partial charge in [0.05, 0.1) is 12.0 Å².